The van der Waals surface area contributed by atoms with Crippen LogP contribution in [-0.2, 0) is 0 Å². The smallest absolute Gasteiger partial charge is 0.0521 e. The van der Waals surface area contributed by atoms with Crippen LogP contribution >= 0.6 is 11.8 Å². The van der Waals surface area contributed by atoms with Crippen molar-refractivity contribution in [1.29, 1.82) is 0 Å². The van der Waals surface area contributed by atoms with Gasteiger partial charge in [-0.25, -0.2) is 0 Å². The molecule has 0 heterocycles. The lowest BCUT2D eigenvalue weighted by Crippen LogP contribution is -2.00. The van der Waals surface area contributed by atoms with Crippen molar-refractivity contribution in [2.45, 2.75) is 27.2 Å². The third-order valence-electron chi connectivity index (χ3n) is 1.56. The number of aliphatic hydroxyl groups is 1. The van der Waals surface area contributed by atoms with Gasteiger partial charge in [0, 0.05) is 23.8 Å². The average Bonchev–Trinajstić information content (AvgIpc) is 2.02. The Balaban J connectivity index is 3.36. The van der Waals surface area contributed by atoms with Gasteiger partial charge in [0.05, 0.1) is 6.61 Å². The molecule has 0 amide bonds. The van der Waals surface area contributed by atoms with Gasteiger partial charge in [0.15, 0.2) is 0 Å². The molecule has 0 saturated carbocycles. The second-order valence-electron chi connectivity index (χ2n) is 3.55. The fourth-order valence-electron chi connectivity index (χ4n) is 1.12. The maximum absolute atomic E-state index is 8.54. The lowest BCUT2D eigenvalue weighted by Gasteiger charge is -2.03. The van der Waals surface area contributed by atoms with E-state index in [4.69, 9.17) is 5.11 Å². The highest BCUT2D eigenvalue weighted by Gasteiger charge is 1.96. The van der Waals surface area contributed by atoms with Crippen molar-refractivity contribution in [1.82, 2.24) is 0 Å². The summed E-state index contributed by atoms with van der Waals surface area (Å²) in [6.45, 7) is 7.68. The normalized spacial score (nSPS) is 12.5. The molecule has 1 N–H and O–H groups in total. The Kier molecular flexibility index (Phi) is 8.56. The SMILES string of the molecule is CC(CC(C)C)=NCCSCCO. The van der Waals surface area contributed by atoms with Crippen LogP contribution in [0.5, 0.6) is 0 Å². The molecular formula is C10H21NOS. The van der Waals surface area contributed by atoms with Gasteiger partial charge >= 0.3 is 0 Å². The summed E-state index contributed by atoms with van der Waals surface area (Å²) in [5.41, 5.74) is 1.25. The van der Waals surface area contributed by atoms with Gasteiger partial charge in [-0.05, 0) is 19.3 Å². The second kappa shape index (κ2) is 8.57. The summed E-state index contributed by atoms with van der Waals surface area (Å²) in [5.74, 6) is 2.56. The number of hydrogen-bond acceptors (Lipinski definition) is 3. The molecule has 0 fully saturated rings. The molecule has 0 aromatic heterocycles. The monoisotopic (exact) mass is 203 g/mol. The van der Waals surface area contributed by atoms with Crippen molar-refractivity contribution in [2.75, 3.05) is 24.7 Å². The highest BCUT2D eigenvalue weighted by molar-refractivity contribution is 7.99. The maximum Gasteiger partial charge on any atom is 0.0521 e. The summed E-state index contributed by atoms with van der Waals surface area (Å²) >= 11 is 1.76. The van der Waals surface area contributed by atoms with E-state index in [0.29, 0.717) is 5.92 Å². The van der Waals surface area contributed by atoms with Gasteiger partial charge in [-0.1, -0.05) is 13.8 Å². The van der Waals surface area contributed by atoms with Gasteiger partial charge in [-0.2, -0.15) is 11.8 Å². The summed E-state index contributed by atoms with van der Waals surface area (Å²) < 4.78 is 0. The zero-order chi connectivity index (χ0) is 10.1. The first-order valence-electron chi connectivity index (χ1n) is 4.85. The van der Waals surface area contributed by atoms with E-state index in [2.05, 4.69) is 25.8 Å². The van der Waals surface area contributed by atoms with E-state index in [9.17, 15) is 0 Å². The summed E-state index contributed by atoms with van der Waals surface area (Å²) in [7, 11) is 0. The molecule has 0 aromatic rings. The third kappa shape index (κ3) is 9.90. The lowest BCUT2D eigenvalue weighted by atomic mass is 10.1. The molecular weight excluding hydrogens is 182 g/mol. The average molecular weight is 203 g/mol. The highest BCUT2D eigenvalue weighted by atomic mass is 32.2. The quantitative estimate of drug-likeness (QED) is 0.508. The zero-order valence-electron chi connectivity index (χ0n) is 8.92. The van der Waals surface area contributed by atoms with E-state index in [-0.39, 0.29) is 6.61 Å². The zero-order valence-corrected chi connectivity index (χ0v) is 9.73. The third-order valence-corrected chi connectivity index (χ3v) is 2.50. The molecule has 0 aromatic carbocycles. The number of thioether (sulfide) groups is 1. The van der Waals surface area contributed by atoms with Gasteiger partial charge in [-0.15, -0.1) is 0 Å². The van der Waals surface area contributed by atoms with Crippen LogP contribution in [0.15, 0.2) is 4.99 Å². The number of aliphatic hydroxyl groups excluding tert-OH is 1. The Bertz CT molecular complexity index is 146. The lowest BCUT2D eigenvalue weighted by molar-refractivity contribution is 0.322. The Morgan fingerprint density at radius 2 is 2.08 bits per heavy atom. The predicted molar refractivity (Wildman–Crippen MR) is 61.8 cm³/mol. The van der Waals surface area contributed by atoms with E-state index < -0.39 is 0 Å². The van der Waals surface area contributed by atoms with E-state index in [1.165, 1.54) is 5.71 Å². The first-order valence-corrected chi connectivity index (χ1v) is 6.00. The molecule has 0 atom stereocenters. The van der Waals surface area contributed by atoms with Crippen molar-refractivity contribution in [3.05, 3.63) is 0 Å². The molecule has 0 radical (unpaired) electrons. The molecule has 0 saturated heterocycles. The van der Waals surface area contributed by atoms with Crippen molar-refractivity contribution in [2.24, 2.45) is 10.9 Å². The van der Waals surface area contributed by atoms with Crippen LogP contribution in [0.4, 0.5) is 0 Å². The van der Waals surface area contributed by atoms with Crippen LogP contribution in [0.3, 0.4) is 0 Å². The highest BCUT2D eigenvalue weighted by Crippen LogP contribution is 2.02. The number of rotatable bonds is 7. The molecule has 0 aliphatic heterocycles. The molecule has 3 heteroatoms. The van der Waals surface area contributed by atoms with Gasteiger partial charge in [0.25, 0.3) is 0 Å². The van der Waals surface area contributed by atoms with Crippen LogP contribution in [0.2, 0.25) is 0 Å². The summed E-state index contributed by atoms with van der Waals surface area (Å²) in [4.78, 5) is 4.45. The Morgan fingerprint density at radius 3 is 2.62 bits per heavy atom. The van der Waals surface area contributed by atoms with E-state index in [0.717, 1.165) is 24.5 Å². The number of hydrogen-bond donors (Lipinski definition) is 1. The molecule has 0 spiro atoms. The van der Waals surface area contributed by atoms with Crippen LogP contribution < -0.4 is 0 Å². The Hall–Kier alpha value is -0.0200. The van der Waals surface area contributed by atoms with Crippen molar-refractivity contribution in [3.63, 3.8) is 0 Å². The van der Waals surface area contributed by atoms with Gasteiger partial charge < -0.3 is 5.11 Å². The molecule has 0 aliphatic carbocycles. The number of aliphatic imine (C=N–C) groups is 1. The van der Waals surface area contributed by atoms with Crippen LogP contribution in [-0.4, -0.2) is 35.5 Å². The molecule has 0 unspecified atom stereocenters. The summed E-state index contributed by atoms with van der Waals surface area (Å²) in [5, 5.41) is 8.54. The molecule has 13 heavy (non-hydrogen) atoms. The van der Waals surface area contributed by atoms with Gasteiger partial charge in [0.2, 0.25) is 0 Å². The predicted octanol–water partition coefficient (Wildman–Crippen LogP) is 2.22. The topological polar surface area (TPSA) is 32.6 Å². The van der Waals surface area contributed by atoms with Gasteiger partial charge in [0.1, 0.15) is 0 Å². The van der Waals surface area contributed by atoms with E-state index >= 15 is 0 Å². The molecule has 0 rings (SSSR count). The minimum absolute atomic E-state index is 0.277. The summed E-state index contributed by atoms with van der Waals surface area (Å²) in [6, 6.07) is 0. The minimum Gasteiger partial charge on any atom is -0.396 e. The Labute approximate surface area is 85.8 Å². The van der Waals surface area contributed by atoms with Gasteiger partial charge in [-0.3, -0.25) is 4.99 Å². The van der Waals surface area contributed by atoms with Crippen molar-refractivity contribution >= 4 is 17.5 Å². The standard InChI is InChI=1S/C10H21NOS/c1-9(2)8-10(3)11-4-6-13-7-5-12/h9,12H,4-8H2,1-3H3. The first kappa shape index (κ1) is 13.0. The molecule has 0 bridgehead atoms. The molecule has 0 aliphatic rings. The summed E-state index contributed by atoms with van der Waals surface area (Å²) in [6.07, 6.45) is 1.10. The van der Waals surface area contributed by atoms with E-state index in [1.807, 2.05) is 0 Å². The fraction of sp³-hybridized carbons (Fsp3) is 0.900. The van der Waals surface area contributed by atoms with Crippen molar-refractivity contribution < 1.29 is 5.11 Å². The Morgan fingerprint density at radius 1 is 1.38 bits per heavy atom. The first-order chi connectivity index (χ1) is 6.16. The van der Waals surface area contributed by atoms with E-state index in [1.54, 1.807) is 11.8 Å². The van der Waals surface area contributed by atoms with Crippen LogP contribution in [0, 0.1) is 5.92 Å². The van der Waals surface area contributed by atoms with Crippen LogP contribution in [0.25, 0.3) is 0 Å². The molecule has 78 valence electrons. The van der Waals surface area contributed by atoms with Crippen molar-refractivity contribution in [3.8, 4) is 0 Å². The fourth-order valence-corrected chi connectivity index (χ4v) is 1.68. The largest absolute Gasteiger partial charge is 0.396 e. The van der Waals surface area contributed by atoms with Crippen LogP contribution in [0.1, 0.15) is 27.2 Å². The second-order valence-corrected chi connectivity index (χ2v) is 4.78. The number of nitrogens with zero attached hydrogens (tertiary/aromatic N) is 1. The minimum atomic E-state index is 0.277. The molecule has 2 nitrogen and oxygen atoms in total. The maximum atomic E-state index is 8.54.